The second kappa shape index (κ2) is 6.10. The molecule has 1 spiro atoms. The van der Waals surface area contributed by atoms with Crippen LogP contribution in [0.3, 0.4) is 0 Å². The highest BCUT2D eigenvalue weighted by Gasteiger charge is 2.50. The highest BCUT2D eigenvalue weighted by Crippen LogP contribution is 2.41. The fraction of sp³-hybridized carbons (Fsp3) is 0.667. The van der Waals surface area contributed by atoms with Crippen LogP contribution in [0.4, 0.5) is 0 Å². The van der Waals surface area contributed by atoms with Crippen LogP contribution >= 0.6 is 11.6 Å². The van der Waals surface area contributed by atoms with E-state index in [1.54, 1.807) is 17.0 Å². The van der Waals surface area contributed by atoms with Gasteiger partial charge in [0, 0.05) is 26.2 Å². The van der Waals surface area contributed by atoms with Gasteiger partial charge in [-0.05, 0) is 61.8 Å². The van der Waals surface area contributed by atoms with E-state index in [9.17, 15) is 9.59 Å². The maximum absolute atomic E-state index is 13.1. The van der Waals surface area contributed by atoms with Crippen molar-refractivity contribution in [3.63, 3.8) is 0 Å². The van der Waals surface area contributed by atoms with E-state index in [4.69, 9.17) is 16.0 Å². The molecule has 2 amide bonds. The third-order valence-corrected chi connectivity index (χ3v) is 6.16. The monoisotopic (exact) mass is 350 g/mol. The molecule has 1 aromatic heterocycles. The Balaban J connectivity index is 1.45. The first kappa shape index (κ1) is 16.0. The zero-order valence-electron chi connectivity index (χ0n) is 13.8. The van der Waals surface area contributed by atoms with Gasteiger partial charge in [0.1, 0.15) is 0 Å². The average molecular weight is 351 g/mol. The molecule has 1 unspecified atom stereocenters. The third-order valence-electron chi connectivity index (χ3n) is 5.95. The maximum Gasteiger partial charge on any atom is 0.289 e. The molecule has 5 nitrogen and oxygen atoms in total. The second-order valence-corrected chi connectivity index (χ2v) is 7.88. The number of likely N-dealkylation sites (tertiary alicyclic amines) is 2. The molecule has 1 saturated carbocycles. The third kappa shape index (κ3) is 2.73. The number of carbonyl (C=O) groups excluding carboxylic acids is 2. The van der Waals surface area contributed by atoms with Gasteiger partial charge in [-0.3, -0.25) is 9.59 Å². The Labute approximate surface area is 146 Å². The molecule has 1 aromatic rings. The molecule has 3 fully saturated rings. The van der Waals surface area contributed by atoms with E-state index in [2.05, 4.69) is 4.90 Å². The molecule has 1 aliphatic carbocycles. The van der Waals surface area contributed by atoms with Gasteiger partial charge in [-0.15, -0.1) is 0 Å². The molecule has 2 saturated heterocycles. The highest BCUT2D eigenvalue weighted by molar-refractivity contribution is 6.29. The Kier molecular flexibility index (Phi) is 4.07. The number of piperidine rings is 1. The Morgan fingerprint density at radius 1 is 1.25 bits per heavy atom. The summed E-state index contributed by atoms with van der Waals surface area (Å²) in [6.45, 7) is 2.89. The van der Waals surface area contributed by atoms with E-state index >= 15 is 0 Å². The van der Waals surface area contributed by atoms with Crippen LogP contribution in [0, 0.1) is 11.3 Å². The van der Waals surface area contributed by atoms with Crippen molar-refractivity contribution >= 4 is 23.4 Å². The van der Waals surface area contributed by atoms with Crippen molar-refractivity contribution in [3.05, 3.63) is 23.1 Å². The highest BCUT2D eigenvalue weighted by atomic mass is 35.5. The molecule has 6 heteroatoms. The first-order valence-electron chi connectivity index (χ1n) is 8.91. The minimum Gasteiger partial charge on any atom is -0.440 e. The predicted octanol–water partition coefficient (Wildman–Crippen LogP) is 3.19. The number of nitrogens with zero attached hydrogens (tertiary/aromatic N) is 2. The predicted molar refractivity (Wildman–Crippen MR) is 89.8 cm³/mol. The lowest BCUT2D eigenvalue weighted by Crippen LogP contribution is -2.52. The van der Waals surface area contributed by atoms with Crippen LogP contribution in [0.2, 0.25) is 5.22 Å². The van der Waals surface area contributed by atoms with Crippen LogP contribution in [0.5, 0.6) is 0 Å². The van der Waals surface area contributed by atoms with Gasteiger partial charge in [-0.25, -0.2) is 0 Å². The lowest BCUT2D eigenvalue weighted by molar-refractivity contribution is -0.146. The number of halogens is 1. The molecule has 2 aliphatic heterocycles. The van der Waals surface area contributed by atoms with E-state index in [0.717, 1.165) is 32.4 Å². The maximum atomic E-state index is 13.1. The molecule has 0 radical (unpaired) electrons. The first-order valence-corrected chi connectivity index (χ1v) is 9.29. The quantitative estimate of drug-likeness (QED) is 0.841. The zero-order valence-corrected chi connectivity index (χ0v) is 14.6. The van der Waals surface area contributed by atoms with E-state index in [-0.39, 0.29) is 28.2 Å². The second-order valence-electron chi connectivity index (χ2n) is 7.51. The van der Waals surface area contributed by atoms with Crippen molar-refractivity contribution in [1.29, 1.82) is 0 Å². The topological polar surface area (TPSA) is 53.8 Å². The summed E-state index contributed by atoms with van der Waals surface area (Å²) in [5.74, 6) is 1.04. The molecule has 130 valence electrons. The van der Waals surface area contributed by atoms with E-state index in [0.29, 0.717) is 19.0 Å². The Morgan fingerprint density at radius 3 is 2.75 bits per heavy atom. The van der Waals surface area contributed by atoms with E-state index < -0.39 is 0 Å². The molecule has 0 bridgehead atoms. The normalized spacial score (nSPS) is 27.8. The van der Waals surface area contributed by atoms with Gasteiger partial charge in [0.05, 0.1) is 5.41 Å². The molecular weight excluding hydrogens is 328 g/mol. The number of hydrogen-bond acceptors (Lipinski definition) is 3. The van der Waals surface area contributed by atoms with Gasteiger partial charge < -0.3 is 14.2 Å². The van der Waals surface area contributed by atoms with Gasteiger partial charge in [0.15, 0.2) is 11.0 Å². The van der Waals surface area contributed by atoms with Crippen molar-refractivity contribution in [1.82, 2.24) is 9.80 Å². The summed E-state index contributed by atoms with van der Waals surface area (Å²) in [4.78, 5) is 29.4. The van der Waals surface area contributed by atoms with Gasteiger partial charge in [0.25, 0.3) is 5.91 Å². The zero-order chi connectivity index (χ0) is 16.7. The Hall–Kier alpha value is -1.49. The van der Waals surface area contributed by atoms with Crippen molar-refractivity contribution in [2.24, 2.45) is 11.3 Å². The number of carbonyl (C=O) groups is 2. The van der Waals surface area contributed by atoms with E-state index in [1.165, 1.54) is 19.3 Å². The molecule has 24 heavy (non-hydrogen) atoms. The van der Waals surface area contributed by atoms with Crippen LogP contribution in [0.15, 0.2) is 16.5 Å². The number of furan rings is 1. The largest absolute Gasteiger partial charge is 0.440 e. The fourth-order valence-corrected chi connectivity index (χ4v) is 4.47. The SMILES string of the molecule is O=C(c1ccc(Cl)o1)N1CCC2(CCCN(CC3CCC3)C2=O)C1. The average Bonchev–Trinajstić information content (AvgIpc) is 3.14. The minimum atomic E-state index is -0.381. The van der Waals surface area contributed by atoms with E-state index in [1.807, 2.05) is 0 Å². The van der Waals surface area contributed by atoms with Crippen molar-refractivity contribution in [2.75, 3.05) is 26.2 Å². The minimum absolute atomic E-state index is 0.164. The fourth-order valence-electron chi connectivity index (χ4n) is 4.32. The summed E-state index contributed by atoms with van der Waals surface area (Å²) >= 11 is 5.77. The number of rotatable bonds is 3. The van der Waals surface area contributed by atoms with Crippen LogP contribution in [-0.2, 0) is 4.79 Å². The molecule has 4 rings (SSSR count). The van der Waals surface area contributed by atoms with Crippen LogP contribution < -0.4 is 0 Å². The van der Waals surface area contributed by atoms with Crippen molar-refractivity contribution in [2.45, 2.75) is 38.5 Å². The molecule has 0 aromatic carbocycles. The molecule has 0 N–H and O–H groups in total. The van der Waals surface area contributed by atoms with Gasteiger partial charge >= 0.3 is 0 Å². The molecule has 1 atom stereocenters. The lowest BCUT2D eigenvalue weighted by Gasteiger charge is -2.42. The standard InChI is InChI=1S/C18H23ClN2O3/c19-15-6-5-14(24-15)16(22)21-10-8-18(12-21)7-2-9-20(17(18)23)11-13-3-1-4-13/h5-6,13H,1-4,7-12H2. The van der Waals surface area contributed by atoms with Crippen molar-refractivity contribution < 1.29 is 14.0 Å². The molecular formula is C18H23ClN2O3. The Morgan fingerprint density at radius 2 is 2.08 bits per heavy atom. The first-order chi connectivity index (χ1) is 11.6. The van der Waals surface area contributed by atoms with Crippen LogP contribution in [0.25, 0.3) is 0 Å². The number of amides is 2. The Bertz CT molecular complexity index is 654. The van der Waals surface area contributed by atoms with Crippen molar-refractivity contribution in [3.8, 4) is 0 Å². The van der Waals surface area contributed by atoms with Crippen LogP contribution in [0.1, 0.15) is 49.1 Å². The van der Waals surface area contributed by atoms with Gasteiger partial charge in [-0.1, -0.05) is 6.42 Å². The number of hydrogen-bond donors (Lipinski definition) is 0. The molecule has 3 aliphatic rings. The van der Waals surface area contributed by atoms with Gasteiger partial charge in [0.2, 0.25) is 5.91 Å². The smallest absolute Gasteiger partial charge is 0.289 e. The summed E-state index contributed by atoms with van der Waals surface area (Å²) in [5.41, 5.74) is -0.381. The summed E-state index contributed by atoms with van der Waals surface area (Å²) in [7, 11) is 0. The summed E-state index contributed by atoms with van der Waals surface area (Å²) in [6, 6.07) is 3.17. The summed E-state index contributed by atoms with van der Waals surface area (Å²) in [5, 5.41) is 0.215. The summed E-state index contributed by atoms with van der Waals surface area (Å²) in [6.07, 6.45) is 6.48. The van der Waals surface area contributed by atoms with Crippen LogP contribution in [-0.4, -0.2) is 47.8 Å². The lowest BCUT2D eigenvalue weighted by atomic mass is 9.77. The van der Waals surface area contributed by atoms with Gasteiger partial charge in [-0.2, -0.15) is 0 Å². The summed E-state index contributed by atoms with van der Waals surface area (Å²) < 4.78 is 5.24. The molecule has 3 heterocycles.